The van der Waals surface area contributed by atoms with Crippen molar-refractivity contribution in [2.24, 2.45) is 5.92 Å². The third-order valence-corrected chi connectivity index (χ3v) is 3.84. The Morgan fingerprint density at radius 1 is 1.41 bits per heavy atom. The van der Waals surface area contributed by atoms with Crippen LogP contribution in [0.5, 0.6) is 0 Å². The average Bonchev–Trinajstić information content (AvgIpc) is 2.45. The van der Waals surface area contributed by atoms with Crippen molar-refractivity contribution in [3.8, 4) is 0 Å². The van der Waals surface area contributed by atoms with E-state index in [2.05, 4.69) is 4.98 Å². The van der Waals surface area contributed by atoms with Crippen LogP contribution in [0, 0.1) is 10.6 Å². The van der Waals surface area contributed by atoms with Crippen LogP contribution in [0.2, 0.25) is 0 Å². The number of carbonyl (C=O) groups is 2. The number of nitrogens with zero attached hydrogens (tertiary/aromatic N) is 1. The minimum Gasteiger partial charge on any atom is -0.460 e. The van der Waals surface area contributed by atoms with Gasteiger partial charge in [-0.15, -0.1) is 0 Å². The number of piperidine rings is 1. The molecule has 0 aromatic carbocycles. The lowest BCUT2D eigenvalue weighted by atomic mass is 9.97. The zero-order valence-electron chi connectivity index (χ0n) is 13.2. The maximum Gasteiger partial charge on any atom is 0.311 e. The van der Waals surface area contributed by atoms with Crippen molar-refractivity contribution < 1.29 is 14.3 Å². The molecule has 0 radical (unpaired) electrons. The topological polar surface area (TPSA) is 62.4 Å². The average molecular weight is 322 g/mol. The van der Waals surface area contributed by atoms with Crippen LogP contribution in [0.4, 0.5) is 0 Å². The lowest BCUT2D eigenvalue weighted by molar-refractivity contribution is -0.161. The Morgan fingerprint density at radius 3 is 2.77 bits per heavy atom. The van der Waals surface area contributed by atoms with Crippen LogP contribution < -0.4 is 0 Å². The second-order valence-corrected chi connectivity index (χ2v) is 6.94. The van der Waals surface area contributed by atoms with Gasteiger partial charge in [-0.2, -0.15) is 0 Å². The number of hydrogen-bond donors (Lipinski definition) is 1. The molecule has 22 heavy (non-hydrogen) atoms. The maximum absolute atomic E-state index is 12.6. The number of aromatic nitrogens is 1. The molecule has 1 aliphatic rings. The summed E-state index contributed by atoms with van der Waals surface area (Å²) in [5.74, 6) is -0.628. The number of carbonyl (C=O) groups excluding carboxylic acids is 2. The second kappa shape index (κ2) is 6.60. The van der Waals surface area contributed by atoms with Crippen LogP contribution in [0.15, 0.2) is 18.3 Å². The molecule has 0 unspecified atom stereocenters. The fraction of sp³-hybridized carbons (Fsp3) is 0.562. The second-order valence-electron chi connectivity index (χ2n) is 6.54. The van der Waals surface area contributed by atoms with Crippen LogP contribution >= 0.6 is 12.2 Å². The third kappa shape index (κ3) is 4.16. The summed E-state index contributed by atoms with van der Waals surface area (Å²) >= 11 is 5.16. The summed E-state index contributed by atoms with van der Waals surface area (Å²) in [7, 11) is 0. The number of H-pyrrole nitrogens is 1. The van der Waals surface area contributed by atoms with E-state index in [0.717, 1.165) is 12.8 Å². The van der Waals surface area contributed by atoms with E-state index in [0.29, 0.717) is 23.3 Å². The summed E-state index contributed by atoms with van der Waals surface area (Å²) in [6.07, 6.45) is 3.23. The van der Waals surface area contributed by atoms with Gasteiger partial charge in [0.2, 0.25) is 0 Å². The highest BCUT2D eigenvalue weighted by Gasteiger charge is 2.32. The lowest BCUT2D eigenvalue weighted by Gasteiger charge is -2.33. The summed E-state index contributed by atoms with van der Waals surface area (Å²) in [5, 5.41) is 0. The molecule has 1 aliphatic heterocycles. The van der Waals surface area contributed by atoms with Crippen LogP contribution in [-0.2, 0) is 9.53 Å². The standard InChI is InChI=1S/C16H22N2O3S/c1-16(2,3)21-15(20)11-6-5-9-18(10-11)14(19)12-7-4-8-17-13(12)22/h4,7-8,11H,5-6,9-10H2,1-3H3,(H,17,22)/t11-/m1/s1. The van der Waals surface area contributed by atoms with Crippen molar-refractivity contribution in [3.63, 3.8) is 0 Å². The summed E-state index contributed by atoms with van der Waals surface area (Å²) in [5.41, 5.74) is -0.0340. The van der Waals surface area contributed by atoms with Crippen LogP contribution in [0.1, 0.15) is 44.0 Å². The minimum absolute atomic E-state index is 0.130. The number of amides is 1. The molecule has 0 aliphatic carbocycles. The van der Waals surface area contributed by atoms with Gasteiger partial charge in [-0.25, -0.2) is 0 Å². The molecule has 1 aromatic heterocycles. The van der Waals surface area contributed by atoms with E-state index in [1.807, 2.05) is 20.8 Å². The van der Waals surface area contributed by atoms with Gasteiger partial charge in [0.05, 0.1) is 11.5 Å². The molecule has 2 rings (SSSR count). The highest BCUT2D eigenvalue weighted by molar-refractivity contribution is 7.71. The number of pyridine rings is 1. The number of aromatic amines is 1. The van der Waals surface area contributed by atoms with Crippen LogP contribution in [-0.4, -0.2) is 40.5 Å². The zero-order valence-corrected chi connectivity index (χ0v) is 14.0. The van der Waals surface area contributed by atoms with Crippen LogP contribution in [0.25, 0.3) is 0 Å². The summed E-state index contributed by atoms with van der Waals surface area (Å²) in [4.78, 5) is 29.3. The Labute approximate surface area is 135 Å². The predicted octanol–water partition coefficient (Wildman–Crippen LogP) is 2.94. The molecule has 1 atom stereocenters. The normalized spacial score (nSPS) is 18.9. The molecule has 2 heterocycles. The van der Waals surface area contributed by atoms with E-state index in [1.165, 1.54) is 0 Å². The molecule has 0 saturated carbocycles. The molecule has 1 saturated heterocycles. The number of likely N-dealkylation sites (tertiary alicyclic amines) is 1. The molecule has 1 N–H and O–H groups in total. The number of nitrogens with one attached hydrogen (secondary N) is 1. The Hall–Kier alpha value is -1.69. The van der Waals surface area contributed by atoms with Crippen molar-refractivity contribution in [1.82, 2.24) is 9.88 Å². The van der Waals surface area contributed by atoms with E-state index < -0.39 is 5.60 Å². The Kier molecular flexibility index (Phi) is 5.01. The van der Waals surface area contributed by atoms with E-state index in [-0.39, 0.29) is 17.8 Å². The van der Waals surface area contributed by atoms with Gasteiger partial charge >= 0.3 is 5.97 Å². The first-order valence-electron chi connectivity index (χ1n) is 7.48. The number of hydrogen-bond acceptors (Lipinski definition) is 4. The van der Waals surface area contributed by atoms with Crippen molar-refractivity contribution in [3.05, 3.63) is 28.5 Å². The van der Waals surface area contributed by atoms with E-state index in [9.17, 15) is 9.59 Å². The summed E-state index contributed by atoms with van der Waals surface area (Å²) in [6.45, 7) is 6.57. The molecule has 0 spiro atoms. The first-order valence-corrected chi connectivity index (χ1v) is 7.88. The maximum atomic E-state index is 12.6. The van der Waals surface area contributed by atoms with Crippen molar-refractivity contribution in [1.29, 1.82) is 0 Å². The monoisotopic (exact) mass is 322 g/mol. The first kappa shape index (κ1) is 16.7. The first-order chi connectivity index (χ1) is 10.3. The van der Waals surface area contributed by atoms with Crippen molar-refractivity contribution in [2.45, 2.75) is 39.2 Å². The molecule has 5 nitrogen and oxygen atoms in total. The molecule has 1 fully saturated rings. The SMILES string of the molecule is CC(C)(C)OC(=O)[C@@H]1CCCN(C(=O)c2ccc[nH]c2=S)C1. The van der Waals surface area contributed by atoms with Crippen molar-refractivity contribution >= 4 is 24.1 Å². The highest BCUT2D eigenvalue weighted by Crippen LogP contribution is 2.22. The Bertz CT molecular complexity index is 618. The minimum atomic E-state index is -0.508. The van der Waals surface area contributed by atoms with E-state index >= 15 is 0 Å². The third-order valence-electron chi connectivity index (χ3n) is 3.50. The van der Waals surface area contributed by atoms with Gasteiger partial charge < -0.3 is 14.6 Å². The van der Waals surface area contributed by atoms with Gasteiger partial charge in [0.25, 0.3) is 5.91 Å². The van der Waals surface area contributed by atoms with Gasteiger partial charge in [-0.3, -0.25) is 9.59 Å². The molecule has 120 valence electrons. The van der Waals surface area contributed by atoms with Crippen molar-refractivity contribution in [2.75, 3.05) is 13.1 Å². The van der Waals surface area contributed by atoms with E-state index in [4.69, 9.17) is 17.0 Å². The van der Waals surface area contributed by atoms with E-state index in [1.54, 1.807) is 23.2 Å². The Balaban J connectivity index is 2.08. The summed E-state index contributed by atoms with van der Waals surface area (Å²) < 4.78 is 5.85. The fourth-order valence-electron chi connectivity index (χ4n) is 2.50. The Morgan fingerprint density at radius 2 is 2.14 bits per heavy atom. The lowest BCUT2D eigenvalue weighted by Crippen LogP contribution is -2.44. The molecule has 1 amide bonds. The van der Waals surface area contributed by atoms with Gasteiger partial charge in [-0.1, -0.05) is 12.2 Å². The van der Waals surface area contributed by atoms with Crippen LogP contribution in [0.3, 0.4) is 0 Å². The predicted molar refractivity (Wildman–Crippen MR) is 86.1 cm³/mol. The molecular formula is C16H22N2O3S. The van der Waals surface area contributed by atoms with Gasteiger partial charge in [0.1, 0.15) is 10.2 Å². The molecule has 6 heteroatoms. The number of ether oxygens (including phenoxy) is 1. The summed E-state index contributed by atoms with van der Waals surface area (Å²) in [6, 6.07) is 3.45. The molecular weight excluding hydrogens is 300 g/mol. The van der Waals surface area contributed by atoms with Gasteiger partial charge in [0.15, 0.2) is 0 Å². The zero-order chi connectivity index (χ0) is 16.3. The molecule has 1 aromatic rings. The van der Waals surface area contributed by atoms with Gasteiger partial charge in [0, 0.05) is 19.3 Å². The smallest absolute Gasteiger partial charge is 0.311 e. The molecule has 0 bridgehead atoms. The van der Waals surface area contributed by atoms with Gasteiger partial charge in [-0.05, 0) is 45.7 Å². The quantitative estimate of drug-likeness (QED) is 0.672. The largest absolute Gasteiger partial charge is 0.460 e. The fourth-order valence-corrected chi connectivity index (χ4v) is 2.72. The number of esters is 1. The highest BCUT2D eigenvalue weighted by atomic mass is 32.1. The number of rotatable bonds is 2.